The number of aromatic nitrogens is 3. The number of likely N-dealkylation sites (tertiary alicyclic amines) is 1. The van der Waals surface area contributed by atoms with Gasteiger partial charge in [0.25, 0.3) is 0 Å². The Balaban J connectivity index is 1.26. The van der Waals surface area contributed by atoms with Crippen molar-refractivity contribution in [3.05, 3.63) is 59.4 Å². The molecule has 0 unspecified atom stereocenters. The smallest absolute Gasteiger partial charge is 0.123 e. The molecule has 5 rings (SSSR count). The van der Waals surface area contributed by atoms with Gasteiger partial charge in [0, 0.05) is 48.7 Å². The first-order chi connectivity index (χ1) is 13.7. The van der Waals surface area contributed by atoms with Gasteiger partial charge in [-0.25, -0.2) is 4.98 Å². The van der Waals surface area contributed by atoms with Crippen molar-refractivity contribution in [2.75, 3.05) is 13.1 Å². The van der Waals surface area contributed by atoms with Crippen LogP contribution in [0.25, 0.3) is 10.6 Å². The van der Waals surface area contributed by atoms with E-state index in [-0.39, 0.29) is 12.1 Å². The lowest BCUT2D eigenvalue weighted by atomic mass is 9.77. The molecule has 1 saturated carbocycles. The normalized spacial score (nSPS) is 27.8. The summed E-state index contributed by atoms with van der Waals surface area (Å²) in [5.74, 6) is 1.23. The third-order valence-corrected chi connectivity index (χ3v) is 7.37. The van der Waals surface area contributed by atoms with Gasteiger partial charge in [-0.3, -0.25) is 9.58 Å². The number of benzene rings is 1. The highest BCUT2D eigenvalue weighted by atomic mass is 32.1. The molecule has 3 heterocycles. The van der Waals surface area contributed by atoms with Crippen molar-refractivity contribution in [2.45, 2.75) is 38.5 Å². The first-order valence-electron chi connectivity index (χ1n) is 10.1. The first kappa shape index (κ1) is 18.0. The molecule has 2 aliphatic rings. The molecule has 3 aromatic rings. The summed E-state index contributed by atoms with van der Waals surface area (Å²) in [5, 5.41) is 16.1. The van der Waals surface area contributed by atoms with Crippen molar-refractivity contribution in [2.24, 2.45) is 11.8 Å². The Bertz CT molecular complexity index is 938. The first-order valence-corrected chi connectivity index (χ1v) is 10.9. The van der Waals surface area contributed by atoms with Crippen LogP contribution in [-0.2, 0) is 6.54 Å². The van der Waals surface area contributed by atoms with E-state index in [1.807, 2.05) is 23.1 Å². The standard InChI is InChI=1S/C22H26N4OS/c1-15-5-2-3-6-19(15)22-23-11-18(28-22)14-25-12-16-9-20(26-8-4-7-24-26)21(27)10-17(16)13-25/h2-8,11,16-17,20-21,27H,9-10,12-14H2,1H3/t16-,17+,20-,21-/m1/s1. The number of rotatable bonds is 4. The second-order valence-electron chi connectivity index (χ2n) is 8.25. The van der Waals surface area contributed by atoms with Gasteiger partial charge in [-0.05, 0) is 43.2 Å². The van der Waals surface area contributed by atoms with E-state index in [0.29, 0.717) is 11.8 Å². The van der Waals surface area contributed by atoms with E-state index in [0.717, 1.165) is 37.5 Å². The van der Waals surface area contributed by atoms with Crippen molar-refractivity contribution < 1.29 is 5.11 Å². The van der Waals surface area contributed by atoms with Crippen LogP contribution >= 0.6 is 11.3 Å². The van der Waals surface area contributed by atoms with E-state index in [4.69, 9.17) is 0 Å². The number of aryl methyl sites for hydroxylation is 1. The van der Waals surface area contributed by atoms with Crippen LogP contribution in [0, 0.1) is 18.8 Å². The van der Waals surface area contributed by atoms with E-state index < -0.39 is 0 Å². The molecule has 1 aliphatic carbocycles. The van der Waals surface area contributed by atoms with E-state index in [2.05, 4.69) is 46.2 Å². The highest BCUT2D eigenvalue weighted by Gasteiger charge is 2.42. The average Bonchev–Trinajstić information content (AvgIpc) is 3.42. The molecule has 1 saturated heterocycles. The quantitative estimate of drug-likeness (QED) is 0.732. The lowest BCUT2D eigenvalue weighted by molar-refractivity contribution is 0.0306. The number of aliphatic hydroxyl groups is 1. The molecule has 1 aliphatic heterocycles. The molecule has 5 nitrogen and oxygen atoms in total. The van der Waals surface area contributed by atoms with Crippen LogP contribution in [0.15, 0.2) is 48.9 Å². The van der Waals surface area contributed by atoms with Gasteiger partial charge in [-0.1, -0.05) is 24.3 Å². The third kappa shape index (κ3) is 3.41. The van der Waals surface area contributed by atoms with E-state index in [1.165, 1.54) is 16.0 Å². The summed E-state index contributed by atoms with van der Waals surface area (Å²) in [6, 6.07) is 10.5. The second kappa shape index (κ2) is 7.43. The fraction of sp³-hybridized carbons (Fsp3) is 0.455. The summed E-state index contributed by atoms with van der Waals surface area (Å²) >= 11 is 1.80. The molecule has 1 N–H and O–H groups in total. The third-order valence-electron chi connectivity index (χ3n) is 6.36. The number of thiazole rings is 1. The lowest BCUT2D eigenvalue weighted by Crippen LogP contribution is -2.36. The molecular formula is C22H26N4OS. The van der Waals surface area contributed by atoms with Crippen LogP contribution in [-0.4, -0.2) is 44.0 Å². The Hall–Kier alpha value is -2.02. The SMILES string of the molecule is Cc1ccccc1-c1ncc(CN2C[C@H]3C[C@@H](n4cccn4)[C@H](O)C[C@H]3C2)s1. The molecule has 1 aromatic carbocycles. The van der Waals surface area contributed by atoms with Gasteiger partial charge in [0.2, 0.25) is 0 Å². The molecule has 0 bridgehead atoms. The zero-order valence-corrected chi connectivity index (χ0v) is 16.9. The molecule has 2 aromatic heterocycles. The molecular weight excluding hydrogens is 368 g/mol. The number of nitrogens with zero attached hydrogens (tertiary/aromatic N) is 4. The van der Waals surface area contributed by atoms with E-state index >= 15 is 0 Å². The summed E-state index contributed by atoms with van der Waals surface area (Å²) in [5.41, 5.74) is 2.51. The van der Waals surface area contributed by atoms with Crippen LogP contribution in [0.5, 0.6) is 0 Å². The van der Waals surface area contributed by atoms with Crippen LogP contribution in [0.2, 0.25) is 0 Å². The van der Waals surface area contributed by atoms with Crippen molar-refractivity contribution in [1.82, 2.24) is 19.7 Å². The topological polar surface area (TPSA) is 54.2 Å². The minimum absolute atomic E-state index is 0.118. The Kier molecular flexibility index (Phi) is 4.78. The molecule has 0 amide bonds. The summed E-state index contributed by atoms with van der Waals surface area (Å²) in [6.07, 6.45) is 7.41. The van der Waals surface area contributed by atoms with Gasteiger partial charge in [0.05, 0.1) is 12.1 Å². The zero-order chi connectivity index (χ0) is 19.1. The van der Waals surface area contributed by atoms with E-state index in [9.17, 15) is 5.11 Å². The van der Waals surface area contributed by atoms with Gasteiger partial charge < -0.3 is 5.11 Å². The fourth-order valence-corrected chi connectivity index (χ4v) is 5.98. The van der Waals surface area contributed by atoms with Crippen molar-refractivity contribution in [3.8, 4) is 10.6 Å². The maximum Gasteiger partial charge on any atom is 0.123 e. The Morgan fingerprint density at radius 3 is 2.75 bits per heavy atom. The fourth-order valence-electron chi connectivity index (χ4n) is 4.93. The van der Waals surface area contributed by atoms with Crippen LogP contribution in [0.3, 0.4) is 0 Å². The van der Waals surface area contributed by atoms with Crippen molar-refractivity contribution in [1.29, 1.82) is 0 Å². The molecule has 28 heavy (non-hydrogen) atoms. The van der Waals surface area contributed by atoms with Crippen LogP contribution in [0.1, 0.15) is 29.3 Å². The van der Waals surface area contributed by atoms with Gasteiger partial charge in [0.1, 0.15) is 5.01 Å². The molecule has 0 spiro atoms. The number of fused-ring (bicyclic) bond motifs is 1. The van der Waals surface area contributed by atoms with E-state index in [1.54, 1.807) is 17.5 Å². The Morgan fingerprint density at radius 1 is 1.14 bits per heavy atom. The van der Waals surface area contributed by atoms with Crippen LogP contribution < -0.4 is 0 Å². The summed E-state index contributed by atoms with van der Waals surface area (Å²) in [6.45, 7) is 5.28. The Labute approximate surface area is 169 Å². The van der Waals surface area contributed by atoms with Crippen molar-refractivity contribution >= 4 is 11.3 Å². The monoisotopic (exact) mass is 394 g/mol. The minimum atomic E-state index is -0.294. The zero-order valence-electron chi connectivity index (χ0n) is 16.1. The summed E-state index contributed by atoms with van der Waals surface area (Å²) in [4.78, 5) is 8.54. The van der Waals surface area contributed by atoms with Crippen molar-refractivity contribution in [3.63, 3.8) is 0 Å². The number of hydrogen-bond acceptors (Lipinski definition) is 5. The predicted octanol–water partition coefficient (Wildman–Crippen LogP) is 3.76. The molecule has 4 atom stereocenters. The van der Waals surface area contributed by atoms with Gasteiger partial charge in [0.15, 0.2) is 0 Å². The second-order valence-corrected chi connectivity index (χ2v) is 9.37. The molecule has 2 fully saturated rings. The molecule has 146 valence electrons. The van der Waals surface area contributed by atoms with Gasteiger partial charge >= 0.3 is 0 Å². The number of hydrogen-bond donors (Lipinski definition) is 1. The minimum Gasteiger partial charge on any atom is -0.391 e. The van der Waals surface area contributed by atoms with Crippen LogP contribution in [0.4, 0.5) is 0 Å². The highest BCUT2D eigenvalue weighted by molar-refractivity contribution is 7.15. The highest BCUT2D eigenvalue weighted by Crippen LogP contribution is 2.41. The lowest BCUT2D eigenvalue weighted by Gasteiger charge is -2.35. The largest absolute Gasteiger partial charge is 0.391 e. The average molecular weight is 395 g/mol. The molecule has 0 radical (unpaired) electrons. The van der Waals surface area contributed by atoms with Gasteiger partial charge in [-0.2, -0.15) is 5.10 Å². The maximum atomic E-state index is 10.6. The maximum absolute atomic E-state index is 10.6. The summed E-state index contributed by atoms with van der Waals surface area (Å²) in [7, 11) is 0. The predicted molar refractivity (Wildman–Crippen MR) is 111 cm³/mol. The number of aliphatic hydroxyl groups excluding tert-OH is 1. The molecule has 6 heteroatoms. The summed E-state index contributed by atoms with van der Waals surface area (Å²) < 4.78 is 1.95. The van der Waals surface area contributed by atoms with Gasteiger partial charge in [-0.15, -0.1) is 11.3 Å². The Morgan fingerprint density at radius 2 is 1.96 bits per heavy atom.